The van der Waals surface area contributed by atoms with Gasteiger partial charge < -0.3 is 14.4 Å². The molecule has 5 heteroatoms. The minimum atomic E-state index is 0.0742. The van der Waals surface area contributed by atoms with E-state index in [4.69, 9.17) is 9.73 Å². The summed E-state index contributed by atoms with van der Waals surface area (Å²) in [5.41, 5.74) is 4.35. The van der Waals surface area contributed by atoms with Crippen LogP contribution in [0.5, 0.6) is 5.75 Å². The smallest absolute Gasteiger partial charge is 0.190 e. The summed E-state index contributed by atoms with van der Waals surface area (Å²) in [6, 6.07) is 16.1. The first-order chi connectivity index (χ1) is 12.1. The third-order valence-corrected chi connectivity index (χ3v) is 5.02. The van der Waals surface area contributed by atoms with Crippen molar-refractivity contribution in [3.63, 3.8) is 0 Å². The zero-order chi connectivity index (χ0) is 17.8. The van der Waals surface area contributed by atoms with Gasteiger partial charge in [0.15, 0.2) is 4.80 Å². The van der Waals surface area contributed by atoms with Crippen molar-refractivity contribution in [1.82, 2.24) is 4.57 Å². The van der Waals surface area contributed by atoms with Crippen LogP contribution in [-0.4, -0.2) is 23.4 Å². The maximum atomic E-state index is 9.53. The maximum Gasteiger partial charge on any atom is 0.190 e. The van der Waals surface area contributed by atoms with Crippen LogP contribution in [0.3, 0.4) is 0 Å². The van der Waals surface area contributed by atoms with Crippen molar-refractivity contribution in [2.75, 3.05) is 13.7 Å². The molecule has 3 aromatic rings. The number of ether oxygens (including phenoxy) is 1. The van der Waals surface area contributed by atoms with Gasteiger partial charge in [0.05, 0.1) is 25.1 Å². The van der Waals surface area contributed by atoms with E-state index in [-0.39, 0.29) is 6.61 Å². The molecule has 0 radical (unpaired) electrons. The lowest BCUT2D eigenvalue weighted by Gasteiger charge is -2.09. The predicted octanol–water partition coefficient (Wildman–Crippen LogP) is 4.07. The van der Waals surface area contributed by atoms with Gasteiger partial charge in [-0.05, 0) is 43.7 Å². The normalized spacial score (nSPS) is 11.8. The first-order valence-corrected chi connectivity index (χ1v) is 9.01. The number of hydrogen-bond donors (Lipinski definition) is 1. The largest absolute Gasteiger partial charge is 0.497 e. The minimum Gasteiger partial charge on any atom is -0.497 e. The van der Waals surface area contributed by atoms with Crippen molar-refractivity contribution in [2.45, 2.75) is 20.4 Å². The average Bonchev–Trinajstić information content (AvgIpc) is 2.92. The van der Waals surface area contributed by atoms with E-state index >= 15 is 0 Å². The molecule has 0 atom stereocenters. The van der Waals surface area contributed by atoms with Crippen molar-refractivity contribution in [1.29, 1.82) is 0 Å². The number of hydrogen-bond acceptors (Lipinski definition) is 4. The second kappa shape index (κ2) is 7.68. The van der Waals surface area contributed by atoms with Crippen molar-refractivity contribution in [3.8, 4) is 17.0 Å². The van der Waals surface area contributed by atoms with Crippen LogP contribution in [0.2, 0.25) is 0 Å². The van der Waals surface area contributed by atoms with Crippen LogP contribution in [0.1, 0.15) is 10.4 Å². The Hall–Kier alpha value is -2.37. The van der Waals surface area contributed by atoms with E-state index in [1.54, 1.807) is 18.4 Å². The molecule has 25 heavy (non-hydrogen) atoms. The second-order valence-electron chi connectivity index (χ2n) is 5.84. The quantitative estimate of drug-likeness (QED) is 0.751. The van der Waals surface area contributed by atoms with Crippen LogP contribution in [-0.2, 0) is 6.54 Å². The Morgan fingerprint density at radius 3 is 2.32 bits per heavy atom. The molecule has 4 nitrogen and oxygen atoms in total. The number of methoxy groups -OCH3 is 1. The summed E-state index contributed by atoms with van der Waals surface area (Å²) in [4.78, 5) is 6.84. The van der Waals surface area contributed by atoms with Crippen LogP contribution in [0.4, 0.5) is 5.69 Å². The molecule has 0 aliphatic carbocycles. The Kier molecular flexibility index (Phi) is 5.36. The van der Waals surface area contributed by atoms with Gasteiger partial charge in [-0.2, -0.15) is 0 Å². The fourth-order valence-corrected chi connectivity index (χ4v) is 3.80. The summed E-state index contributed by atoms with van der Waals surface area (Å²) >= 11 is 1.64. The van der Waals surface area contributed by atoms with E-state index in [0.29, 0.717) is 6.54 Å². The lowest BCUT2D eigenvalue weighted by Crippen LogP contribution is -2.18. The Balaban J connectivity index is 2.12. The van der Waals surface area contributed by atoms with Crippen LogP contribution < -0.4 is 9.54 Å². The zero-order valence-corrected chi connectivity index (χ0v) is 15.5. The van der Waals surface area contributed by atoms with Crippen LogP contribution >= 0.6 is 11.3 Å². The monoisotopic (exact) mass is 354 g/mol. The number of nitrogens with zero attached hydrogens (tertiary/aromatic N) is 2. The van der Waals surface area contributed by atoms with Crippen LogP contribution in [0.15, 0.2) is 53.5 Å². The highest BCUT2D eigenvalue weighted by atomic mass is 32.1. The zero-order valence-electron chi connectivity index (χ0n) is 14.7. The Morgan fingerprint density at radius 2 is 1.72 bits per heavy atom. The lowest BCUT2D eigenvalue weighted by atomic mass is 10.1. The lowest BCUT2D eigenvalue weighted by molar-refractivity contribution is 0.275. The Morgan fingerprint density at radius 1 is 1.04 bits per heavy atom. The van der Waals surface area contributed by atoms with E-state index in [1.165, 1.54) is 10.4 Å². The van der Waals surface area contributed by atoms with Gasteiger partial charge in [-0.25, -0.2) is 4.99 Å². The fourth-order valence-electron chi connectivity index (χ4n) is 2.75. The highest BCUT2D eigenvalue weighted by Crippen LogP contribution is 2.26. The third kappa shape index (κ3) is 3.83. The van der Waals surface area contributed by atoms with E-state index in [0.717, 1.165) is 27.5 Å². The van der Waals surface area contributed by atoms with Gasteiger partial charge in [0.2, 0.25) is 0 Å². The summed E-state index contributed by atoms with van der Waals surface area (Å²) in [5.74, 6) is 0.810. The third-order valence-electron chi connectivity index (χ3n) is 4.02. The van der Waals surface area contributed by atoms with Gasteiger partial charge in [0.1, 0.15) is 5.75 Å². The molecule has 0 amide bonds. The van der Waals surface area contributed by atoms with Crippen molar-refractivity contribution >= 4 is 17.0 Å². The number of thiazole rings is 1. The van der Waals surface area contributed by atoms with Gasteiger partial charge in [-0.1, -0.05) is 29.8 Å². The van der Waals surface area contributed by atoms with Crippen LogP contribution in [0.25, 0.3) is 11.3 Å². The molecule has 130 valence electrons. The molecule has 0 saturated heterocycles. The molecule has 0 spiro atoms. The molecule has 0 saturated carbocycles. The molecule has 1 N–H and O–H groups in total. The molecule has 2 aromatic carbocycles. The van der Waals surface area contributed by atoms with Gasteiger partial charge >= 0.3 is 0 Å². The number of aliphatic hydroxyl groups is 1. The Labute approximate surface area is 151 Å². The number of aryl methyl sites for hydroxylation is 2. The van der Waals surface area contributed by atoms with Gasteiger partial charge in [0, 0.05) is 11.4 Å². The van der Waals surface area contributed by atoms with Gasteiger partial charge in [-0.3, -0.25) is 0 Å². The van der Waals surface area contributed by atoms with E-state index < -0.39 is 0 Å². The molecule has 0 fully saturated rings. The topological polar surface area (TPSA) is 46.8 Å². The molecule has 3 rings (SSSR count). The molecular formula is C20H22N2O2S. The summed E-state index contributed by atoms with van der Waals surface area (Å²) < 4.78 is 7.29. The number of aliphatic hydroxyl groups excluding tert-OH is 1. The van der Waals surface area contributed by atoms with E-state index in [1.807, 2.05) is 24.3 Å². The fraction of sp³-hybridized carbons (Fsp3) is 0.250. The molecular weight excluding hydrogens is 332 g/mol. The Bertz CT molecular complexity index is 906. The molecule has 0 aliphatic heterocycles. The molecule has 1 heterocycles. The standard InChI is InChI=1S/C20H22N2O2S/c1-14-4-6-16(7-5-14)19-15(2)25-20(22(19)12-13-23)21-17-8-10-18(24-3)11-9-17/h4-11,23H,12-13H2,1-3H3. The number of benzene rings is 2. The summed E-state index contributed by atoms with van der Waals surface area (Å²) in [5, 5.41) is 9.53. The summed E-state index contributed by atoms with van der Waals surface area (Å²) in [6.45, 7) is 4.77. The van der Waals surface area contributed by atoms with Crippen molar-refractivity contribution < 1.29 is 9.84 Å². The van der Waals surface area contributed by atoms with Gasteiger partial charge in [-0.15, -0.1) is 11.3 Å². The summed E-state index contributed by atoms with van der Waals surface area (Å²) in [7, 11) is 1.65. The van der Waals surface area contributed by atoms with Crippen molar-refractivity contribution in [2.24, 2.45) is 4.99 Å². The van der Waals surface area contributed by atoms with Crippen LogP contribution in [0, 0.1) is 13.8 Å². The molecule has 0 unspecified atom stereocenters. The number of rotatable bonds is 5. The highest BCUT2D eigenvalue weighted by molar-refractivity contribution is 7.09. The SMILES string of the molecule is COc1ccc(N=c2sc(C)c(-c3ccc(C)cc3)n2CCO)cc1. The average molecular weight is 354 g/mol. The molecule has 0 aliphatic rings. The number of aromatic nitrogens is 1. The predicted molar refractivity (Wildman–Crippen MR) is 103 cm³/mol. The van der Waals surface area contributed by atoms with E-state index in [2.05, 4.69) is 42.7 Å². The maximum absolute atomic E-state index is 9.53. The first kappa shape index (κ1) is 17.5. The summed E-state index contributed by atoms with van der Waals surface area (Å²) in [6.07, 6.45) is 0. The molecule has 1 aromatic heterocycles. The van der Waals surface area contributed by atoms with Crippen molar-refractivity contribution in [3.05, 3.63) is 63.8 Å². The highest BCUT2D eigenvalue weighted by Gasteiger charge is 2.12. The van der Waals surface area contributed by atoms with E-state index in [9.17, 15) is 5.11 Å². The molecule has 0 bridgehead atoms. The first-order valence-electron chi connectivity index (χ1n) is 8.19. The second-order valence-corrected chi connectivity index (χ2v) is 7.02. The minimum absolute atomic E-state index is 0.0742. The van der Waals surface area contributed by atoms with Gasteiger partial charge in [0.25, 0.3) is 0 Å².